The Morgan fingerprint density at radius 3 is 2.21 bits per heavy atom. The molecule has 1 fully saturated rings. The molecule has 8 nitrogen and oxygen atoms in total. The minimum absolute atomic E-state index is 0.0906. The van der Waals surface area contributed by atoms with Crippen molar-refractivity contribution in [2.24, 2.45) is 0 Å². The van der Waals surface area contributed by atoms with E-state index in [9.17, 15) is 14.4 Å². The number of aryl methyl sites for hydroxylation is 1. The van der Waals surface area contributed by atoms with Gasteiger partial charge in [0, 0.05) is 11.7 Å². The lowest BCUT2D eigenvalue weighted by molar-refractivity contribution is -0.141. The summed E-state index contributed by atoms with van der Waals surface area (Å²) in [5.41, 5.74) is 1.76. The van der Waals surface area contributed by atoms with E-state index in [1.54, 1.807) is 68.8 Å². The molecule has 0 saturated heterocycles. The molecular formula is C30H41N3O5S. The monoisotopic (exact) mass is 555 g/mol. The molecule has 9 heteroatoms. The molecule has 1 saturated carbocycles. The van der Waals surface area contributed by atoms with Crippen molar-refractivity contribution < 1.29 is 23.9 Å². The van der Waals surface area contributed by atoms with E-state index in [0.717, 1.165) is 30.4 Å². The summed E-state index contributed by atoms with van der Waals surface area (Å²) in [6.45, 7) is 7.41. The number of nitrogens with one attached hydrogen (secondary N) is 2. The van der Waals surface area contributed by atoms with E-state index in [1.165, 1.54) is 0 Å². The average Bonchev–Trinajstić information content (AvgIpc) is 3.74. The van der Waals surface area contributed by atoms with E-state index in [2.05, 4.69) is 17.6 Å². The summed E-state index contributed by atoms with van der Waals surface area (Å²) in [6, 6.07) is 13.1. The van der Waals surface area contributed by atoms with Gasteiger partial charge in [0.05, 0.1) is 7.11 Å². The van der Waals surface area contributed by atoms with Gasteiger partial charge in [-0.15, -0.1) is 0 Å². The number of benzene rings is 2. The minimum Gasteiger partial charge on any atom is -0.497 e. The first kappa shape index (κ1) is 30.3. The van der Waals surface area contributed by atoms with Crippen LogP contribution in [0.1, 0.15) is 64.1 Å². The molecule has 212 valence electrons. The number of methoxy groups -OCH3 is 1. The van der Waals surface area contributed by atoms with E-state index in [0.29, 0.717) is 23.6 Å². The summed E-state index contributed by atoms with van der Waals surface area (Å²) in [5, 5.41) is 5.77. The molecule has 2 atom stereocenters. The number of carbonyl (C=O) groups is 3. The number of nitrogens with zero attached hydrogens (tertiary/aromatic N) is 1. The van der Waals surface area contributed by atoms with Gasteiger partial charge < -0.3 is 25.0 Å². The van der Waals surface area contributed by atoms with Gasteiger partial charge in [-0.3, -0.25) is 9.59 Å². The molecule has 1 aliphatic rings. The summed E-state index contributed by atoms with van der Waals surface area (Å²) >= 11 is 1.59. The normalized spacial score (nSPS) is 14.6. The molecule has 39 heavy (non-hydrogen) atoms. The Labute approximate surface area is 236 Å². The van der Waals surface area contributed by atoms with Gasteiger partial charge in [0.25, 0.3) is 5.91 Å². The smallest absolute Gasteiger partial charge is 0.408 e. The Bertz CT molecular complexity index is 1110. The van der Waals surface area contributed by atoms with Crippen LogP contribution in [0.4, 0.5) is 10.5 Å². The van der Waals surface area contributed by atoms with Gasteiger partial charge in [-0.1, -0.05) is 31.2 Å². The van der Waals surface area contributed by atoms with Crippen molar-refractivity contribution >= 4 is 35.4 Å². The van der Waals surface area contributed by atoms with Crippen LogP contribution in [0.5, 0.6) is 5.75 Å². The highest BCUT2D eigenvalue weighted by Crippen LogP contribution is 2.36. The highest BCUT2D eigenvalue weighted by molar-refractivity contribution is 7.98. The number of alkyl carbamates (subject to hydrolysis) is 1. The number of rotatable bonds is 12. The van der Waals surface area contributed by atoms with Crippen molar-refractivity contribution in [1.82, 2.24) is 10.2 Å². The highest BCUT2D eigenvalue weighted by atomic mass is 32.2. The second kappa shape index (κ2) is 13.7. The summed E-state index contributed by atoms with van der Waals surface area (Å²) in [4.78, 5) is 42.4. The Morgan fingerprint density at radius 1 is 1.05 bits per heavy atom. The van der Waals surface area contributed by atoms with Gasteiger partial charge in [0.1, 0.15) is 23.4 Å². The molecule has 2 unspecified atom stereocenters. The number of hydrogen-bond donors (Lipinski definition) is 2. The van der Waals surface area contributed by atoms with Crippen LogP contribution in [0.3, 0.4) is 0 Å². The maximum atomic E-state index is 14.2. The third-order valence-electron chi connectivity index (χ3n) is 6.38. The van der Waals surface area contributed by atoms with E-state index < -0.39 is 23.8 Å². The molecule has 2 N–H and O–H groups in total. The summed E-state index contributed by atoms with van der Waals surface area (Å²) in [7, 11) is 1.58. The predicted octanol–water partition coefficient (Wildman–Crippen LogP) is 5.57. The van der Waals surface area contributed by atoms with Gasteiger partial charge in [-0.25, -0.2) is 4.79 Å². The summed E-state index contributed by atoms with van der Waals surface area (Å²) in [6.07, 6.45) is 4.19. The predicted molar refractivity (Wildman–Crippen MR) is 156 cm³/mol. The molecule has 0 aliphatic heterocycles. The van der Waals surface area contributed by atoms with Gasteiger partial charge in [-0.05, 0) is 93.9 Å². The van der Waals surface area contributed by atoms with Crippen LogP contribution < -0.4 is 15.4 Å². The first-order chi connectivity index (χ1) is 18.6. The molecule has 0 heterocycles. The van der Waals surface area contributed by atoms with E-state index in [4.69, 9.17) is 9.47 Å². The van der Waals surface area contributed by atoms with Crippen LogP contribution in [-0.2, 0) is 20.7 Å². The van der Waals surface area contributed by atoms with Gasteiger partial charge in [0.2, 0.25) is 5.91 Å². The van der Waals surface area contributed by atoms with Crippen molar-refractivity contribution in [3.8, 4) is 5.75 Å². The lowest BCUT2D eigenvalue weighted by Gasteiger charge is -2.34. The maximum absolute atomic E-state index is 14.2. The SMILES string of the molecule is CCc1ccc(C(C(=O)Nc2ccc(OC)cc2)N(C(=O)C(CCSC)NC(=O)OC(C)(C)C)C2CC2)cc1. The molecule has 2 aromatic rings. The van der Waals surface area contributed by atoms with Gasteiger partial charge >= 0.3 is 6.09 Å². The Morgan fingerprint density at radius 2 is 1.69 bits per heavy atom. The fourth-order valence-electron chi connectivity index (χ4n) is 4.25. The maximum Gasteiger partial charge on any atom is 0.408 e. The first-order valence-electron chi connectivity index (χ1n) is 13.4. The van der Waals surface area contributed by atoms with Crippen LogP contribution in [-0.4, -0.2) is 59.6 Å². The molecule has 3 rings (SSSR count). The second-order valence-corrected chi connectivity index (χ2v) is 11.7. The number of amides is 3. The van der Waals surface area contributed by atoms with Crippen molar-refractivity contribution in [2.45, 2.75) is 77.1 Å². The zero-order chi connectivity index (χ0) is 28.6. The van der Waals surface area contributed by atoms with E-state index in [-0.39, 0.29) is 17.9 Å². The number of hydrogen-bond acceptors (Lipinski definition) is 6. The van der Waals surface area contributed by atoms with Gasteiger partial charge in [0.15, 0.2) is 0 Å². The van der Waals surface area contributed by atoms with E-state index in [1.807, 2.05) is 30.5 Å². The van der Waals surface area contributed by atoms with Crippen LogP contribution in [0.25, 0.3) is 0 Å². The lowest BCUT2D eigenvalue weighted by Crippen LogP contribution is -2.53. The number of thioether (sulfide) groups is 1. The average molecular weight is 556 g/mol. The standard InChI is InChI=1S/C30H41N3O5S/c1-7-20-8-10-21(11-9-20)26(27(34)31-22-12-16-24(37-5)17-13-22)33(23-14-15-23)28(35)25(18-19-39-6)32-29(36)38-30(2,3)4/h8-13,16-17,23,25-26H,7,14-15,18-19H2,1-6H3,(H,31,34)(H,32,36). The number of ether oxygens (including phenoxy) is 2. The second-order valence-electron chi connectivity index (χ2n) is 10.7. The third kappa shape index (κ3) is 8.92. The fraction of sp³-hybridized carbons (Fsp3) is 0.500. The van der Waals surface area contributed by atoms with Crippen LogP contribution >= 0.6 is 11.8 Å². The molecule has 3 amide bonds. The molecule has 1 aliphatic carbocycles. The van der Waals surface area contributed by atoms with Crippen LogP contribution in [0.2, 0.25) is 0 Å². The largest absolute Gasteiger partial charge is 0.497 e. The van der Waals surface area contributed by atoms with Crippen LogP contribution in [0.15, 0.2) is 48.5 Å². The zero-order valence-electron chi connectivity index (χ0n) is 23.8. The van der Waals surface area contributed by atoms with Crippen molar-refractivity contribution in [1.29, 1.82) is 0 Å². The first-order valence-corrected chi connectivity index (χ1v) is 14.8. The lowest BCUT2D eigenvalue weighted by atomic mass is 10.00. The van der Waals surface area contributed by atoms with Gasteiger partial charge in [-0.2, -0.15) is 11.8 Å². The molecular weight excluding hydrogens is 514 g/mol. The van der Waals surface area contributed by atoms with Crippen LogP contribution in [0, 0.1) is 0 Å². The Balaban J connectivity index is 1.96. The minimum atomic E-state index is -0.866. The summed E-state index contributed by atoms with van der Waals surface area (Å²) < 4.78 is 10.7. The van der Waals surface area contributed by atoms with E-state index >= 15 is 0 Å². The molecule has 0 radical (unpaired) electrons. The van der Waals surface area contributed by atoms with Crippen molar-refractivity contribution in [2.75, 3.05) is 24.4 Å². The Kier molecular flexibility index (Phi) is 10.7. The fourth-order valence-corrected chi connectivity index (χ4v) is 4.72. The number of carbonyl (C=O) groups excluding carboxylic acids is 3. The summed E-state index contributed by atoms with van der Waals surface area (Å²) in [5.74, 6) is 0.746. The molecule has 0 bridgehead atoms. The topological polar surface area (TPSA) is 97.0 Å². The quantitative estimate of drug-likeness (QED) is 0.355. The zero-order valence-corrected chi connectivity index (χ0v) is 24.6. The molecule has 2 aromatic carbocycles. The Hall–Kier alpha value is -3.20. The van der Waals surface area contributed by atoms with Crippen molar-refractivity contribution in [3.05, 3.63) is 59.7 Å². The third-order valence-corrected chi connectivity index (χ3v) is 7.03. The highest BCUT2D eigenvalue weighted by Gasteiger charge is 2.44. The number of anilines is 1. The van der Waals surface area contributed by atoms with Crippen molar-refractivity contribution in [3.63, 3.8) is 0 Å². The molecule has 0 spiro atoms. The molecule has 0 aromatic heterocycles.